The zero-order chi connectivity index (χ0) is 18.7. The van der Waals surface area contributed by atoms with Crippen LogP contribution in [0.25, 0.3) is 10.8 Å². The average molecular weight is 353 g/mol. The smallest absolute Gasteiger partial charge is 0.312 e. The van der Waals surface area contributed by atoms with Gasteiger partial charge in [0, 0.05) is 17.5 Å². The highest BCUT2D eigenvalue weighted by molar-refractivity contribution is 5.86. The maximum absolute atomic E-state index is 12.3. The number of rotatable bonds is 5. The molecule has 1 atom stereocenters. The number of nitrogens with zero attached hydrogens (tertiary/aromatic N) is 2. The molecule has 132 valence electrons. The quantitative estimate of drug-likeness (QED) is 0.428. The molecule has 0 amide bonds. The van der Waals surface area contributed by atoms with Crippen LogP contribution in [0.4, 0.5) is 5.69 Å². The lowest BCUT2D eigenvalue weighted by Gasteiger charge is -2.13. The van der Waals surface area contributed by atoms with E-state index in [4.69, 9.17) is 4.74 Å². The number of aromatic nitrogens is 2. The molecular formula is C18H15N3O5. The Balaban J connectivity index is 1.77. The Morgan fingerprint density at radius 2 is 1.96 bits per heavy atom. The molecule has 1 aromatic heterocycles. The molecule has 26 heavy (non-hydrogen) atoms. The Morgan fingerprint density at radius 1 is 1.23 bits per heavy atom. The first-order chi connectivity index (χ1) is 12.5. The zero-order valence-electron chi connectivity index (χ0n) is 13.8. The van der Waals surface area contributed by atoms with E-state index in [0.29, 0.717) is 22.0 Å². The molecule has 3 aromatic rings. The van der Waals surface area contributed by atoms with Crippen LogP contribution in [0, 0.1) is 10.1 Å². The van der Waals surface area contributed by atoms with E-state index in [1.165, 1.54) is 18.2 Å². The third kappa shape index (κ3) is 3.59. The van der Waals surface area contributed by atoms with Gasteiger partial charge in [-0.15, -0.1) is 0 Å². The number of ether oxygens (including phenoxy) is 1. The molecule has 0 radical (unpaired) electrons. The second kappa shape index (κ2) is 7.14. The summed E-state index contributed by atoms with van der Waals surface area (Å²) in [6, 6.07) is 12.8. The molecule has 0 aliphatic rings. The number of fused-ring (bicyclic) bond motifs is 1. The van der Waals surface area contributed by atoms with Crippen molar-refractivity contribution in [2.45, 2.75) is 19.4 Å². The van der Waals surface area contributed by atoms with Crippen LogP contribution in [0.5, 0.6) is 0 Å². The van der Waals surface area contributed by atoms with Crippen molar-refractivity contribution in [3.8, 4) is 0 Å². The van der Waals surface area contributed by atoms with Crippen molar-refractivity contribution in [2.75, 3.05) is 0 Å². The van der Waals surface area contributed by atoms with Gasteiger partial charge in [-0.2, -0.15) is 5.10 Å². The molecule has 8 heteroatoms. The largest absolute Gasteiger partial charge is 0.457 e. The number of benzene rings is 2. The van der Waals surface area contributed by atoms with Crippen molar-refractivity contribution < 1.29 is 14.5 Å². The standard InChI is InChI=1S/C18H15N3O5/c1-11(12-5-4-6-13(9-12)21(24)25)26-17(22)10-16-14-7-2-3-8-15(14)18(23)20-19-16/h2-9,11H,10H2,1H3,(H,20,23)/t11-/m1/s1. The highest BCUT2D eigenvalue weighted by Gasteiger charge is 2.17. The van der Waals surface area contributed by atoms with Gasteiger partial charge in [0.1, 0.15) is 6.10 Å². The first-order valence-corrected chi connectivity index (χ1v) is 7.86. The number of nitrogens with one attached hydrogen (secondary N) is 1. The number of nitro benzene ring substituents is 1. The van der Waals surface area contributed by atoms with Gasteiger partial charge < -0.3 is 4.74 Å². The summed E-state index contributed by atoms with van der Waals surface area (Å²) in [5.74, 6) is -0.547. The number of esters is 1. The minimum atomic E-state index is -0.656. The predicted molar refractivity (Wildman–Crippen MR) is 93.7 cm³/mol. The highest BCUT2D eigenvalue weighted by atomic mass is 16.6. The summed E-state index contributed by atoms with van der Waals surface area (Å²) >= 11 is 0. The Labute approximate surface area is 147 Å². The Hall–Kier alpha value is -3.55. The van der Waals surface area contributed by atoms with Crippen LogP contribution in [0.15, 0.2) is 53.3 Å². The molecule has 0 aliphatic heterocycles. The van der Waals surface area contributed by atoms with Crippen molar-refractivity contribution in [1.82, 2.24) is 10.2 Å². The molecule has 1 N–H and O–H groups in total. The van der Waals surface area contributed by atoms with Crippen LogP contribution in [0.1, 0.15) is 24.3 Å². The number of hydrogen-bond acceptors (Lipinski definition) is 6. The number of nitro groups is 1. The van der Waals surface area contributed by atoms with Gasteiger partial charge in [0.25, 0.3) is 11.2 Å². The van der Waals surface area contributed by atoms with Crippen molar-refractivity contribution in [3.63, 3.8) is 0 Å². The fourth-order valence-corrected chi connectivity index (χ4v) is 2.64. The number of non-ortho nitro benzene ring substituents is 1. The lowest BCUT2D eigenvalue weighted by molar-refractivity contribution is -0.385. The van der Waals surface area contributed by atoms with E-state index in [0.717, 1.165) is 0 Å². The molecule has 8 nitrogen and oxygen atoms in total. The lowest BCUT2D eigenvalue weighted by atomic mass is 10.1. The van der Waals surface area contributed by atoms with E-state index in [-0.39, 0.29) is 17.7 Å². The van der Waals surface area contributed by atoms with Crippen molar-refractivity contribution in [1.29, 1.82) is 0 Å². The van der Waals surface area contributed by atoms with E-state index in [1.807, 2.05) is 0 Å². The molecular weight excluding hydrogens is 338 g/mol. The normalized spacial score (nSPS) is 11.9. The fraction of sp³-hybridized carbons (Fsp3) is 0.167. The second-order valence-electron chi connectivity index (χ2n) is 5.71. The summed E-state index contributed by atoms with van der Waals surface area (Å²) in [6.07, 6.45) is -0.785. The number of carbonyl (C=O) groups excluding carboxylic acids is 1. The molecule has 0 spiro atoms. The summed E-state index contributed by atoms with van der Waals surface area (Å²) in [6.45, 7) is 1.63. The van der Waals surface area contributed by atoms with E-state index < -0.39 is 17.0 Å². The fourth-order valence-electron chi connectivity index (χ4n) is 2.64. The van der Waals surface area contributed by atoms with Crippen molar-refractivity contribution in [3.05, 3.63) is 80.3 Å². The third-order valence-corrected chi connectivity index (χ3v) is 3.95. The van der Waals surface area contributed by atoms with Gasteiger partial charge in [-0.05, 0) is 18.6 Å². The lowest BCUT2D eigenvalue weighted by Crippen LogP contribution is -2.16. The zero-order valence-corrected chi connectivity index (χ0v) is 13.8. The maximum atomic E-state index is 12.3. The van der Waals surface area contributed by atoms with Crippen LogP contribution in [0.2, 0.25) is 0 Å². The number of hydrogen-bond donors (Lipinski definition) is 1. The van der Waals surface area contributed by atoms with Gasteiger partial charge in [0.2, 0.25) is 0 Å². The first-order valence-electron chi connectivity index (χ1n) is 7.86. The number of aromatic amines is 1. The summed E-state index contributed by atoms with van der Waals surface area (Å²) < 4.78 is 5.36. The highest BCUT2D eigenvalue weighted by Crippen LogP contribution is 2.22. The van der Waals surface area contributed by atoms with Gasteiger partial charge in [-0.1, -0.05) is 30.3 Å². The van der Waals surface area contributed by atoms with Gasteiger partial charge in [-0.3, -0.25) is 19.7 Å². The molecule has 2 aromatic carbocycles. The van der Waals surface area contributed by atoms with Crippen LogP contribution < -0.4 is 5.56 Å². The molecule has 3 rings (SSSR count). The van der Waals surface area contributed by atoms with E-state index >= 15 is 0 Å². The summed E-state index contributed by atoms with van der Waals surface area (Å²) in [4.78, 5) is 34.4. The minimum Gasteiger partial charge on any atom is -0.457 e. The van der Waals surface area contributed by atoms with Gasteiger partial charge in [0.05, 0.1) is 22.4 Å². The molecule has 0 aliphatic carbocycles. The monoisotopic (exact) mass is 353 g/mol. The van der Waals surface area contributed by atoms with Gasteiger partial charge in [-0.25, -0.2) is 5.10 Å². The molecule has 0 fully saturated rings. The van der Waals surface area contributed by atoms with Crippen molar-refractivity contribution in [2.24, 2.45) is 0 Å². The predicted octanol–water partition coefficient (Wildman–Crippen LogP) is 2.68. The summed E-state index contributed by atoms with van der Waals surface area (Å²) in [5, 5.41) is 18.2. The first kappa shape index (κ1) is 17.3. The number of carbonyl (C=O) groups is 1. The van der Waals surface area contributed by atoms with Crippen LogP contribution >= 0.6 is 0 Å². The van der Waals surface area contributed by atoms with E-state index in [9.17, 15) is 19.7 Å². The molecule has 0 saturated heterocycles. The van der Waals surface area contributed by atoms with E-state index in [2.05, 4.69) is 10.2 Å². The average Bonchev–Trinajstić information content (AvgIpc) is 2.64. The molecule has 0 bridgehead atoms. The molecule has 0 saturated carbocycles. The summed E-state index contributed by atoms with van der Waals surface area (Å²) in [5.41, 5.74) is 0.518. The van der Waals surface area contributed by atoms with Crippen LogP contribution in [-0.4, -0.2) is 21.1 Å². The Kier molecular flexibility index (Phi) is 4.74. The number of H-pyrrole nitrogens is 1. The maximum Gasteiger partial charge on any atom is 0.312 e. The van der Waals surface area contributed by atoms with E-state index in [1.54, 1.807) is 37.3 Å². The summed E-state index contributed by atoms with van der Waals surface area (Å²) in [7, 11) is 0. The van der Waals surface area contributed by atoms with Gasteiger partial charge in [0.15, 0.2) is 0 Å². The second-order valence-corrected chi connectivity index (χ2v) is 5.71. The van der Waals surface area contributed by atoms with Crippen LogP contribution in [-0.2, 0) is 16.0 Å². The molecule has 0 unspecified atom stereocenters. The third-order valence-electron chi connectivity index (χ3n) is 3.95. The van der Waals surface area contributed by atoms with Gasteiger partial charge >= 0.3 is 5.97 Å². The van der Waals surface area contributed by atoms with Crippen molar-refractivity contribution >= 4 is 22.4 Å². The SMILES string of the molecule is C[C@@H](OC(=O)Cc1n[nH]c(=O)c2ccccc12)c1cccc([N+](=O)[O-])c1. The molecule has 1 heterocycles. The Morgan fingerprint density at radius 3 is 2.69 bits per heavy atom. The topological polar surface area (TPSA) is 115 Å². The minimum absolute atomic E-state index is 0.0707. The van der Waals surface area contributed by atoms with Crippen LogP contribution in [0.3, 0.4) is 0 Å². The Bertz CT molecular complexity index is 1040.